The van der Waals surface area contributed by atoms with Gasteiger partial charge in [0.15, 0.2) is 0 Å². The van der Waals surface area contributed by atoms with Crippen molar-refractivity contribution < 1.29 is 9.18 Å². The molecule has 1 fully saturated rings. The van der Waals surface area contributed by atoms with Gasteiger partial charge in [0.1, 0.15) is 5.82 Å². The summed E-state index contributed by atoms with van der Waals surface area (Å²) < 4.78 is 13.4. The van der Waals surface area contributed by atoms with Gasteiger partial charge >= 0.3 is 0 Å². The van der Waals surface area contributed by atoms with Crippen molar-refractivity contribution in [3.8, 4) is 0 Å². The zero-order valence-electron chi connectivity index (χ0n) is 12.8. The van der Waals surface area contributed by atoms with Crippen LogP contribution in [-0.4, -0.2) is 55.0 Å². The maximum absolute atomic E-state index is 13.4. The van der Waals surface area contributed by atoms with Crippen molar-refractivity contribution in [1.29, 1.82) is 0 Å². The van der Waals surface area contributed by atoms with E-state index in [1.54, 1.807) is 17.9 Å². The molecular formula is C16H24FN3O. The lowest BCUT2D eigenvalue weighted by molar-refractivity contribution is 0.0621. The fourth-order valence-electron chi connectivity index (χ4n) is 2.69. The Labute approximate surface area is 125 Å². The summed E-state index contributed by atoms with van der Waals surface area (Å²) in [7, 11) is 0. The Bertz CT molecular complexity index is 478. The quantitative estimate of drug-likeness (QED) is 0.915. The summed E-state index contributed by atoms with van der Waals surface area (Å²) in [6, 6.07) is 4.50. The SMILES string of the molecule is Cc1cc(F)cc(C(=O)N2CCN(CC(C)CN)CC2)c1. The van der Waals surface area contributed by atoms with Gasteiger partial charge in [-0.3, -0.25) is 9.69 Å². The minimum absolute atomic E-state index is 0.0795. The van der Waals surface area contributed by atoms with E-state index in [2.05, 4.69) is 11.8 Å². The van der Waals surface area contributed by atoms with Crippen LogP contribution in [0, 0.1) is 18.7 Å². The van der Waals surface area contributed by atoms with Gasteiger partial charge in [0.2, 0.25) is 0 Å². The number of benzene rings is 1. The summed E-state index contributed by atoms with van der Waals surface area (Å²) in [4.78, 5) is 16.5. The van der Waals surface area contributed by atoms with E-state index in [1.165, 1.54) is 12.1 Å². The third kappa shape index (κ3) is 4.25. The zero-order valence-corrected chi connectivity index (χ0v) is 12.8. The Morgan fingerprint density at radius 3 is 2.52 bits per heavy atom. The standard InChI is InChI=1S/C16H24FN3O/c1-12-7-14(9-15(17)8-12)16(21)20-5-3-19(4-6-20)11-13(2)10-18/h7-9,13H,3-6,10-11,18H2,1-2H3. The zero-order chi connectivity index (χ0) is 15.4. The maximum atomic E-state index is 13.4. The molecule has 1 unspecified atom stereocenters. The first-order valence-corrected chi connectivity index (χ1v) is 7.48. The highest BCUT2D eigenvalue weighted by atomic mass is 19.1. The van der Waals surface area contributed by atoms with Crippen LogP contribution >= 0.6 is 0 Å². The molecule has 1 heterocycles. The van der Waals surface area contributed by atoms with E-state index >= 15 is 0 Å². The first-order valence-electron chi connectivity index (χ1n) is 7.48. The predicted octanol–water partition coefficient (Wildman–Crippen LogP) is 1.49. The Hall–Kier alpha value is -1.46. The van der Waals surface area contributed by atoms with Gasteiger partial charge in [-0.1, -0.05) is 6.92 Å². The summed E-state index contributed by atoms with van der Waals surface area (Å²) >= 11 is 0. The van der Waals surface area contributed by atoms with Crippen LogP contribution in [-0.2, 0) is 0 Å². The van der Waals surface area contributed by atoms with Gasteiger partial charge in [-0.05, 0) is 43.1 Å². The highest BCUT2D eigenvalue weighted by Crippen LogP contribution is 2.13. The molecule has 0 aliphatic carbocycles. The Morgan fingerprint density at radius 2 is 1.95 bits per heavy atom. The number of piperazine rings is 1. The van der Waals surface area contributed by atoms with Crippen LogP contribution in [0.15, 0.2) is 18.2 Å². The van der Waals surface area contributed by atoms with Crippen molar-refractivity contribution in [2.24, 2.45) is 11.7 Å². The molecule has 0 radical (unpaired) electrons. The first-order chi connectivity index (χ1) is 9.99. The van der Waals surface area contributed by atoms with E-state index in [9.17, 15) is 9.18 Å². The number of nitrogens with zero attached hydrogens (tertiary/aromatic N) is 2. The maximum Gasteiger partial charge on any atom is 0.254 e. The molecule has 0 spiro atoms. The largest absolute Gasteiger partial charge is 0.336 e. The average molecular weight is 293 g/mol. The van der Waals surface area contributed by atoms with Gasteiger partial charge in [0.25, 0.3) is 5.91 Å². The molecule has 2 rings (SSSR count). The van der Waals surface area contributed by atoms with E-state index in [0.717, 1.165) is 25.2 Å². The first kappa shape index (κ1) is 15.9. The molecule has 1 aliphatic heterocycles. The molecule has 1 saturated heterocycles. The molecule has 1 atom stereocenters. The summed E-state index contributed by atoms with van der Waals surface area (Å²) in [5.74, 6) is 0.0380. The lowest BCUT2D eigenvalue weighted by atomic mass is 10.1. The third-order valence-corrected chi connectivity index (χ3v) is 3.92. The van der Waals surface area contributed by atoms with Gasteiger partial charge in [-0.25, -0.2) is 4.39 Å². The number of hydrogen-bond donors (Lipinski definition) is 1. The molecule has 5 heteroatoms. The van der Waals surface area contributed by atoms with E-state index in [4.69, 9.17) is 5.73 Å². The van der Waals surface area contributed by atoms with Gasteiger partial charge in [-0.2, -0.15) is 0 Å². The highest BCUT2D eigenvalue weighted by Gasteiger charge is 2.23. The average Bonchev–Trinajstić information content (AvgIpc) is 2.46. The molecule has 1 amide bonds. The molecule has 116 valence electrons. The molecule has 2 N–H and O–H groups in total. The van der Waals surface area contributed by atoms with Crippen LogP contribution in [0.4, 0.5) is 4.39 Å². The predicted molar refractivity (Wildman–Crippen MR) is 81.7 cm³/mol. The van der Waals surface area contributed by atoms with Crippen molar-refractivity contribution in [3.63, 3.8) is 0 Å². The lowest BCUT2D eigenvalue weighted by Gasteiger charge is -2.35. The number of halogens is 1. The molecule has 21 heavy (non-hydrogen) atoms. The van der Waals surface area contributed by atoms with E-state index in [-0.39, 0.29) is 11.7 Å². The van der Waals surface area contributed by atoms with Crippen LogP contribution in [0.3, 0.4) is 0 Å². The van der Waals surface area contributed by atoms with Gasteiger partial charge in [-0.15, -0.1) is 0 Å². The van der Waals surface area contributed by atoms with E-state index in [1.807, 2.05) is 0 Å². The van der Waals surface area contributed by atoms with Crippen LogP contribution in [0.1, 0.15) is 22.8 Å². The molecule has 1 aliphatic rings. The molecule has 0 aromatic heterocycles. The number of carbonyl (C=O) groups is 1. The second-order valence-electron chi connectivity index (χ2n) is 5.95. The van der Waals surface area contributed by atoms with Crippen molar-refractivity contribution in [2.45, 2.75) is 13.8 Å². The minimum atomic E-state index is -0.353. The lowest BCUT2D eigenvalue weighted by Crippen LogP contribution is -2.50. The second kappa shape index (κ2) is 7.00. The molecule has 4 nitrogen and oxygen atoms in total. The topological polar surface area (TPSA) is 49.6 Å². The number of aryl methyl sites for hydroxylation is 1. The molecule has 1 aromatic rings. The van der Waals surface area contributed by atoms with Crippen LogP contribution in [0.25, 0.3) is 0 Å². The number of hydrogen-bond acceptors (Lipinski definition) is 3. The summed E-state index contributed by atoms with van der Waals surface area (Å²) in [5.41, 5.74) is 6.86. The molecule has 0 bridgehead atoms. The smallest absolute Gasteiger partial charge is 0.254 e. The highest BCUT2D eigenvalue weighted by molar-refractivity contribution is 5.94. The Balaban J connectivity index is 1.94. The van der Waals surface area contributed by atoms with Crippen LogP contribution in [0.2, 0.25) is 0 Å². The molecule has 1 aromatic carbocycles. The summed E-state index contributed by atoms with van der Waals surface area (Å²) in [6.07, 6.45) is 0. The van der Waals surface area contributed by atoms with Crippen molar-refractivity contribution in [2.75, 3.05) is 39.3 Å². The van der Waals surface area contributed by atoms with Crippen LogP contribution < -0.4 is 5.73 Å². The third-order valence-electron chi connectivity index (χ3n) is 3.92. The van der Waals surface area contributed by atoms with Crippen molar-refractivity contribution >= 4 is 5.91 Å². The number of rotatable bonds is 4. The Morgan fingerprint density at radius 1 is 1.29 bits per heavy atom. The van der Waals surface area contributed by atoms with Gasteiger partial charge in [0, 0.05) is 38.3 Å². The number of amides is 1. The number of nitrogens with two attached hydrogens (primary N) is 1. The fraction of sp³-hybridized carbons (Fsp3) is 0.562. The van der Waals surface area contributed by atoms with E-state index < -0.39 is 0 Å². The van der Waals surface area contributed by atoms with Gasteiger partial charge < -0.3 is 10.6 Å². The van der Waals surface area contributed by atoms with Gasteiger partial charge in [0.05, 0.1) is 0 Å². The van der Waals surface area contributed by atoms with E-state index in [0.29, 0.717) is 31.1 Å². The molecular weight excluding hydrogens is 269 g/mol. The monoisotopic (exact) mass is 293 g/mol. The number of carbonyl (C=O) groups excluding carboxylic acids is 1. The van der Waals surface area contributed by atoms with Crippen molar-refractivity contribution in [1.82, 2.24) is 9.80 Å². The van der Waals surface area contributed by atoms with Crippen LogP contribution in [0.5, 0.6) is 0 Å². The van der Waals surface area contributed by atoms with Crippen molar-refractivity contribution in [3.05, 3.63) is 35.1 Å². The second-order valence-corrected chi connectivity index (χ2v) is 5.95. The minimum Gasteiger partial charge on any atom is -0.336 e. The fourth-order valence-corrected chi connectivity index (χ4v) is 2.69. The summed E-state index contributed by atoms with van der Waals surface area (Å²) in [5, 5.41) is 0. The summed E-state index contributed by atoms with van der Waals surface area (Å²) in [6.45, 7) is 8.66. The molecule has 0 saturated carbocycles. The Kier molecular flexibility index (Phi) is 5.31. The normalized spacial score (nSPS) is 17.8.